The van der Waals surface area contributed by atoms with Gasteiger partial charge in [0.15, 0.2) is 6.61 Å². The number of ether oxygens (including phenoxy) is 1. The maximum Gasteiger partial charge on any atom is 0.253 e. The topological polar surface area (TPSA) is 131 Å². The molecular formula is C17H25N3O7. The molecule has 10 heteroatoms. The first-order chi connectivity index (χ1) is 12.8. The molecule has 0 atom stereocenters. The van der Waals surface area contributed by atoms with E-state index in [1.54, 1.807) is 0 Å². The molecule has 0 bridgehead atoms. The van der Waals surface area contributed by atoms with E-state index in [4.69, 9.17) is 9.57 Å². The van der Waals surface area contributed by atoms with E-state index in [-0.39, 0.29) is 44.4 Å². The van der Waals surface area contributed by atoms with Crippen LogP contribution in [0.15, 0.2) is 12.2 Å². The van der Waals surface area contributed by atoms with Crippen LogP contribution in [0.1, 0.15) is 26.7 Å². The predicted octanol–water partition coefficient (Wildman–Crippen LogP) is -0.903. The highest BCUT2D eigenvalue weighted by atomic mass is 16.7. The van der Waals surface area contributed by atoms with Gasteiger partial charge in [0.05, 0.1) is 13.2 Å². The fourth-order valence-electron chi connectivity index (χ4n) is 1.98. The largest absolute Gasteiger partial charge is 0.379 e. The molecule has 0 aromatic rings. The Kier molecular flexibility index (Phi) is 9.91. The lowest BCUT2D eigenvalue weighted by molar-refractivity contribution is -0.140. The summed E-state index contributed by atoms with van der Waals surface area (Å²) in [6, 6.07) is 0. The van der Waals surface area contributed by atoms with Crippen molar-refractivity contribution in [3.05, 3.63) is 12.2 Å². The third-order valence-electron chi connectivity index (χ3n) is 3.56. The Hall–Kier alpha value is -2.59. The average Bonchev–Trinajstić information content (AvgIpc) is 2.93. The van der Waals surface area contributed by atoms with Gasteiger partial charge in [-0.25, -0.2) is 5.48 Å². The third kappa shape index (κ3) is 9.06. The lowest BCUT2D eigenvalue weighted by Crippen LogP contribution is -2.37. The van der Waals surface area contributed by atoms with Crippen molar-refractivity contribution in [3.8, 4) is 0 Å². The van der Waals surface area contributed by atoms with E-state index in [0.717, 1.165) is 17.1 Å². The number of nitrogens with zero attached hydrogens (tertiary/aromatic N) is 1. The van der Waals surface area contributed by atoms with Crippen LogP contribution in [-0.2, 0) is 33.5 Å². The zero-order valence-electron chi connectivity index (χ0n) is 15.5. The van der Waals surface area contributed by atoms with Crippen molar-refractivity contribution in [1.82, 2.24) is 15.7 Å². The second kappa shape index (κ2) is 11.9. The number of hydrogen-bond acceptors (Lipinski definition) is 7. The van der Waals surface area contributed by atoms with Crippen molar-refractivity contribution >= 4 is 29.4 Å². The lowest BCUT2D eigenvalue weighted by atomic mass is 10.1. The molecule has 0 aromatic carbocycles. The molecule has 27 heavy (non-hydrogen) atoms. The van der Waals surface area contributed by atoms with E-state index in [1.807, 2.05) is 13.8 Å². The van der Waals surface area contributed by atoms with Gasteiger partial charge in [0.2, 0.25) is 11.8 Å². The number of Topliss-reactive ketones (excluding diaryl/α,β-unsaturated/α-hetero) is 1. The van der Waals surface area contributed by atoms with E-state index in [2.05, 4.69) is 10.8 Å². The molecule has 1 aliphatic heterocycles. The molecule has 0 spiro atoms. The van der Waals surface area contributed by atoms with Crippen molar-refractivity contribution in [2.24, 2.45) is 5.92 Å². The number of hydrogen-bond donors (Lipinski definition) is 2. The monoisotopic (exact) mass is 383 g/mol. The molecule has 0 radical (unpaired) electrons. The summed E-state index contributed by atoms with van der Waals surface area (Å²) in [5.41, 5.74) is 2.06. The summed E-state index contributed by atoms with van der Waals surface area (Å²) in [6.07, 6.45) is 2.47. The summed E-state index contributed by atoms with van der Waals surface area (Å²) in [5, 5.41) is 2.52. The van der Waals surface area contributed by atoms with Gasteiger partial charge in [0, 0.05) is 44.0 Å². The zero-order valence-corrected chi connectivity index (χ0v) is 15.5. The molecule has 1 heterocycles. The van der Waals surface area contributed by atoms with Gasteiger partial charge in [-0.2, -0.15) is 0 Å². The Labute approximate surface area is 157 Å². The van der Waals surface area contributed by atoms with Crippen molar-refractivity contribution in [2.75, 3.05) is 32.9 Å². The minimum absolute atomic E-state index is 0.0198. The molecule has 1 aliphatic rings. The second-order valence-corrected chi connectivity index (χ2v) is 6.06. The lowest BCUT2D eigenvalue weighted by Gasteiger charge is -2.13. The van der Waals surface area contributed by atoms with Gasteiger partial charge >= 0.3 is 0 Å². The number of imide groups is 1. The number of carbonyl (C=O) groups excluding carboxylic acids is 5. The SMILES string of the molecule is CC(C)C(=O)CCOCCNC(=O)CONC(=O)CCN1C(=O)C=CC1=O. The predicted molar refractivity (Wildman–Crippen MR) is 92.9 cm³/mol. The van der Waals surface area contributed by atoms with Gasteiger partial charge < -0.3 is 10.1 Å². The van der Waals surface area contributed by atoms with Crippen LogP contribution in [0, 0.1) is 5.92 Å². The number of hydroxylamine groups is 1. The average molecular weight is 383 g/mol. The molecule has 150 valence electrons. The van der Waals surface area contributed by atoms with E-state index in [1.165, 1.54) is 0 Å². The molecule has 0 aromatic heterocycles. The Balaban J connectivity index is 2.00. The molecule has 0 aliphatic carbocycles. The van der Waals surface area contributed by atoms with E-state index >= 15 is 0 Å². The summed E-state index contributed by atoms with van der Waals surface area (Å²) in [6.45, 7) is 4.00. The highest BCUT2D eigenvalue weighted by Crippen LogP contribution is 2.03. The summed E-state index contributed by atoms with van der Waals surface area (Å²) >= 11 is 0. The van der Waals surface area contributed by atoms with Gasteiger partial charge in [0.1, 0.15) is 5.78 Å². The number of amides is 4. The van der Waals surface area contributed by atoms with Crippen LogP contribution < -0.4 is 10.8 Å². The van der Waals surface area contributed by atoms with Gasteiger partial charge in [-0.05, 0) is 0 Å². The number of carbonyl (C=O) groups is 5. The molecular weight excluding hydrogens is 358 g/mol. The molecule has 0 fully saturated rings. The highest BCUT2D eigenvalue weighted by Gasteiger charge is 2.23. The molecule has 0 saturated carbocycles. The summed E-state index contributed by atoms with van der Waals surface area (Å²) in [7, 11) is 0. The van der Waals surface area contributed by atoms with E-state index in [0.29, 0.717) is 13.0 Å². The van der Waals surface area contributed by atoms with Gasteiger partial charge in [-0.1, -0.05) is 13.8 Å². The highest BCUT2D eigenvalue weighted by molar-refractivity contribution is 6.13. The van der Waals surface area contributed by atoms with Crippen molar-refractivity contribution in [2.45, 2.75) is 26.7 Å². The second-order valence-electron chi connectivity index (χ2n) is 6.06. The minimum Gasteiger partial charge on any atom is -0.379 e. The number of nitrogens with one attached hydrogen (secondary N) is 2. The van der Waals surface area contributed by atoms with Crippen LogP contribution in [0.2, 0.25) is 0 Å². The first-order valence-corrected chi connectivity index (χ1v) is 8.62. The van der Waals surface area contributed by atoms with Crippen LogP contribution >= 0.6 is 0 Å². The normalized spacial score (nSPS) is 13.4. The van der Waals surface area contributed by atoms with Crippen LogP contribution in [0.4, 0.5) is 0 Å². The first kappa shape index (κ1) is 22.5. The minimum atomic E-state index is -0.562. The molecule has 4 amide bonds. The smallest absolute Gasteiger partial charge is 0.253 e. The van der Waals surface area contributed by atoms with E-state index in [9.17, 15) is 24.0 Å². The van der Waals surface area contributed by atoms with Crippen molar-refractivity contribution < 1.29 is 33.5 Å². The quantitative estimate of drug-likeness (QED) is 0.239. The summed E-state index contributed by atoms with van der Waals surface area (Å²) in [5.74, 6) is -1.85. The fourth-order valence-corrected chi connectivity index (χ4v) is 1.98. The molecule has 0 unspecified atom stereocenters. The van der Waals surface area contributed by atoms with E-state index < -0.39 is 23.6 Å². The Morgan fingerprint density at radius 2 is 1.70 bits per heavy atom. The molecule has 1 rings (SSSR count). The maximum absolute atomic E-state index is 11.5. The molecule has 0 saturated heterocycles. The van der Waals surface area contributed by atoms with Crippen molar-refractivity contribution in [1.29, 1.82) is 0 Å². The van der Waals surface area contributed by atoms with Crippen LogP contribution in [0.3, 0.4) is 0 Å². The maximum atomic E-state index is 11.5. The Morgan fingerprint density at radius 3 is 2.33 bits per heavy atom. The van der Waals surface area contributed by atoms with Gasteiger partial charge in [0.25, 0.3) is 11.8 Å². The van der Waals surface area contributed by atoms with Crippen LogP contribution in [0.5, 0.6) is 0 Å². The fraction of sp³-hybridized carbons (Fsp3) is 0.588. The first-order valence-electron chi connectivity index (χ1n) is 8.62. The van der Waals surface area contributed by atoms with Gasteiger partial charge in [-0.15, -0.1) is 0 Å². The Bertz CT molecular complexity index is 583. The summed E-state index contributed by atoms with van der Waals surface area (Å²) < 4.78 is 5.23. The third-order valence-corrected chi connectivity index (χ3v) is 3.56. The van der Waals surface area contributed by atoms with Crippen LogP contribution in [-0.4, -0.2) is 67.2 Å². The van der Waals surface area contributed by atoms with Crippen molar-refractivity contribution in [3.63, 3.8) is 0 Å². The number of rotatable bonds is 13. The van der Waals surface area contributed by atoms with Gasteiger partial charge in [-0.3, -0.25) is 33.7 Å². The molecule has 10 nitrogen and oxygen atoms in total. The standard InChI is InChI=1S/C17H25N3O7/c1-12(2)13(21)6-9-26-10-7-18-15(23)11-27-19-14(22)5-8-20-16(24)3-4-17(20)25/h3-4,12H,5-11H2,1-2H3,(H,18,23)(H,19,22). The Morgan fingerprint density at radius 1 is 1.04 bits per heavy atom. The zero-order chi connectivity index (χ0) is 20.2. The number of ketones is 1. The van der Waals surface area contributed by atoms with Crippen LogP contribution in [0.25, 0.3) is 0 Å². The summed E-state index contributed by atoms with van der Waals surface area (Å²) in [4.78, 5) is 62.7. The molecule has 2 N–H and O–H groups in total.